The predicted molar refractivity (Wildman–Crippen MR) is 113 cm³/mol. The molecule has 6 rings (SSSR count). The molecular weight excluding hydrogens is 396 g/mol. The van der Waals surface area contributed by atoms with E-state index in [1.807, 2.05) is 17.7 Å². The van der Waals surface area contributed by atoms with Crippen molar-refractivity contribution in [3.63, 3.8) is 0 Å². The van der Waals surface area contributed by atoms with Gasteiger partial charge in [0.05, 0.1) is 19.2 Å². The zero-order valence-electron chi connectivity index (χ0n) is 17.9. The molecule has 4 atom stereocenters. The van der Waals surface area contributed by atoms with Crippen molar-refractivity contribution in [3.05, 3.63) is 41.7 Å². The van der Waals surface area contributed by atoms with Gasteiger partial charge >= 0.3 is 0 Å². The lowest BCUT2D eigenvalue weighted by Gasteiger charge is -2.55. The minimum atomic E-state index is -0.734. The second-order valence-electron chi connectivity index (χ2n) is 8.88. The molecule has 1 aliphatic heterocycles. The maximum Gasteiger partial charge on any atom is 0.258 e. The molecule has 8 heteroatoms. The van der Waals surface area contributed by atoms with E-state index < -0.39 is 5.72 Å². The summed E-state index contributed by atoms with van der Waals surface area (Å²) in [6, 6.07) is 7.22. The number of hydrogen-bond donors (Lipinski definition) is 2. The first-order valence-electron chi connectivity index (χ1n) is 10.9. The Labute approximate surface area is 181 Å². The van der Waals surface area contributed by atoms with Crippen molar-refractivity contribution in [2.75, 3.05) is 13.7 Å². The molecule has 0 radical (unpaired) electrons. The van der Waals surface area contributed by atoms with E-state index in [1.54, 1.807) is 31.5 Å². The van der Waals surface area contributed by atoms with Crippen molar-refractivity contribution >= 4 is 11.8 Å². The van der Waals surface area contributed by atoms with Gasteiger partial charge < -0.3 is 20.1 Å². The maximum atomic E-state index is 12.9. The third-order valence-corrected chi connectivity index (χ3v) is 7.16. The minimum absolute atomic E-state index is 0.0460. The number of fused-ring (bicyclic) bond motifs is 3. The summed E-state index contributed by atoms with van der Waals surface area (Å²) in [5, 5.41) is 10.5. The van der Waals surface area contributed by atoms with Gasteiger partial charge in [0.1, 0.15) is 11.5 Å². The van der Waals surface area contributed by atoms with E-state index in [2.05, 4.69) is 15.7 Å². The Morgan fingerprint density at radius 3 is 2.97 bits per heavy atom. The predicted octanol–water partition coefficient (Wildman–Crippen LogP) is 2.27. The Morgan fingerprint density at radius 1 is 1.39 bits per heavy atom. The summed E-state index contributed by atoms with van der Waals surface area (Å²) in [7, 11) is 1.60. The number of nitrogens with one attached hydrogen (secondary N) is 2. The molecule has 0 saturated heterocycles. The quantitative estimate of drug-likeness (QED) is 0.768. The van der Waals surface area contributed by atoms with Crippen molar-refractivity contribution in [2.24, 2.45) is 17.8 Å². The molecule has 3 saturated carbocycles. The van der Waals surface area contributed by atoms with Gasteiger partial charge in [-0.05, 0) is 50.3 Å². The van der Waals surface area contributed by atoms with Crippen molar-refractivity contribution in [3.8, 4) is 11.5 Å². The first-order valence-corrected chi connectivity index (χ1v) is 10.9. The van der Waals surface area contributed by atoms with Gasteiger partial charge in [-0.2, -0.15) is 5.10 Å². The average molecular weight is 425 g/mol. The number of carbonyl (C=O) groups excluding carboxylic acids is 2. The van der Waals surface area contributed by atoms with Gasteiger partial charge in [0, 0.05) is 42.8 Å². The van der Waals surface area contributed by atoms with Crippen LogP contribution in [0.25, 0.3) is 0 Å². The molecule has 0 unspecified atom stereocenters. The summed E-state index contributed by atoms with van der Waals surface area (Å²) in [6.45, 7) is 3.22. The van der Waals surface area contributed by atoms with Crippen LogP contribution in [0.5, 0.6) is 11.5 Å². The van der Waals surface area contributed by atoms with Crippen LogP contribution in [0.1, 0.15) is 41.7 Å². The summed E-state index contributed by atoms with van der Waals surface area (Å²) in [6.07, 6.45) is 5.06. The number of amides is 2. The van der Waals surface area contributed by atoms with E-state index >= 15 is 0 Å². The van der Waals surface area contributed by atoms with Crippen molar-refractivity contribution in [2.45, 2.75) is 44.9 Å². The number of aromatic nitrogens is 2. The molecule has 2 amide bonds. The second-order valence-corrected chi connectivity index (χ2v) is 8.88. The highest BCUT2D eigenvalue weighted by atomic mass is 16.5. The van der Waals surface area contributed by atoms with Crippen LogP contribution < -0.4 is 20.1 Å². The topological polar surface area (TPSA) is 94.5 Å². The van der Waals surface area contributed by atoms with Gasteiger partial charge in [-0.3, -0.25) is 14.3 Å². The lowest BCUT2D eigenvalue weighted by Crippen LogP contribution is -2.67. The number of hydrogen-bond acceptors (Lipinski definition) is 5. The fraction of sp³-hybridized carbons (Fsp3) is 0.522. The standard InChI is InChI=1S/C23H28N4O4/c1-14-7-8-25-27(14)10-9-24-21(28)19-11-16-4-3-15(19)13-23(16)26-22(29)18-6-5-17(30-2)12-20(18)31-23/h5-8,12,15-16,19H,3-4,9-11,13H2,1-2H3,(H,24,28)(H,26,29)/t15-,16+,19-,23+/m1/s1. The van der Waals surface area contributed by atoms with Crippen LogP contribution in [0.2, 0.25) is 0 Å². The first kappa shape index (κ1) is 19.9. The normalized spacial score (nSPS) is 28.6. The number of carbonyl (C=O) groups is 2. The molecule has 3 aliphatic carbocycles. The zero-order valence-corrected chi connectivity index (χ0v) is 17.9. The average Bonchev–Trinajstić information content (AvgIpc) is 3.18. The van der Waals surface area contributed by atoms with Crippen molar-refractivity contribution in [1.82, 2.24) is 20.4 Å². The molecule has 1 spiro atoms. The number of methoxy groups -OCH3 is 1. The fourth-order valence-corrected chi connectivity index (χ4v) is 5.49. The summed E-state index contributed by atoms with van der Waals surface area (Å²) in [5.41, 5.74) is 0.869. The minimum Gasteiger partial charge on any atom is -0.497 e. The Hall–Kier alpha value is -3.03. The van der Waals surface area contributed by atoms with Crippen LogP contribution in [-0.2, 0) is 11.3 Å². The molecule has 2 N–H and O–H groups in total. The van der Waals surface area contributed by atoms with E-state index in [0.717, 1.165) is 25.0 Å². The molecule has 3 fully saturated rings. The van der Waals surface area contributed by atoms with E-state index in [1.165, 1.54) is 0 Å². The Balaban J connectivity index is 1.27. The monoisotopic (exact) mass is 424 g/mol. The summed E-state index contributed by atoms with van der Waals surface area (Å²) >= 11 is 0. The number of ether oxygens (including phenoxy) is 2. The number of nitrogens with zero attached hydrogens (tertiary/aromatic N) is 2. The molecular formula is C23H28N4O4. The van der Waals surface area contributed by atoms with Crippen LogP contribution in [0.3, 0.4) is 0 Å². The Bertz CT molecular complexity index is 1020. The molecule has 4 aliphatic rings. The van der Waals surface area contributed by atoms with Gasteiger partial charge in [0.25, 0.3) is 5.91 Å². The smallest absolute Gasteiger partial charge is 0.258 e. The van der Waals surface area contributed by atoms with Crippen LogP contribution in [0.15, 0.2) is 30.5 Å². The number of rotatable bonds is 5. The van der Waals surface area contributed by atoms with Crippen LogP contribution >= 0.6 is 0 Å². The van der Waals surface area contributed by atoms with Gasteiger partial charge in [0.2, 0.25) is 5.91 Å². The Kier molecular flexibility index (Phi) is 4.87. The molecule has 31 heavy (non-hydrogen) atoms. The summed E-state index contributed by atoms with van der Waals surface area (Å²) in [5.74, 6) is 1.44. The highest BCUT2D eigenvalue weighted by molar-refractivity contribution is 5.98. The summed E-state index contributed by atoms with van der Waals surface area (Å²) < 4.78 is 13.6. The van der Waals surface area contributed by atoms with Crippen LogP contribution in [0.4, 0.5) is 0 Å². The van der Waals surface area contributed by atoms with Crippen molar-refractivity contribution < 1.29 is 19.1 Å². The third-order valence-electron chi connectivity index (χ3n) is 7.16. The van der Waals surface area contributed by atoms with Gasteiger partial charge in [-0.25, -0.2) is 0 Å². The van der Waals surface area contributed by atoms with Gasteiger partial charge in [-0.1, -0.05) is 0 Å². The highest BCUT2D eigenvalue weighted by Gasteiger charge is 2.57. The lowest BCUT2D eigenvalue weighted by atomic mass is 9.60. The van der Waals surface area contributed by atoms with E-state index in [4.69, 9.17) is 9.47 Å². The fourth-order valence-electron chi connectivity index (χ4n) is 5.49. The van der Waals surface area contributed by atoms with Crippen LogP contribution in [-0.4, -0.2) is 41.0 Å². The van der Waals surface area contributed by atoms with E-state index in [0.29, 0.717) is 36.6 Å². The molecule has 164 valence electrons. The Morgan fingerprint density at radius 2 is 2.26 bits per heavy atom. The van der Waals surface area contributed by atoms with Crippen molar-refractivity contribution in [1.29, 1.82) is 0 Å². The number of benzene rings is 1. The van der Waals surface area contributed by atoms with E-state index in [-0.39, 0.29) is 29.6 Å². The molecule has 2 heterocycles. The molecule has 1 aromatic carbocycles. The van der Waals surface area contributed by atoms with Crippen LogP contribution in [0, 0.1) is 24.7 Å². The van der Waals surface area contributed by atoms with Gasteiger partial charge in [-0.15, -0.1) is 0 Å². The highest BCUT2D eigenvalue weighted by Crippen LogP contribution is 2.52. The third kappa shape index (κ3) is 3.43. The zero-order chi connectivity index (χ0) is 21.6. The molecule has 2 aromatic rings. The van der Waals surface area contributed by atoms with Gasteiger partial charge in [0.15, 0.2) is 5.72 Å². The molecule has 2 bridgehead atoms. The number of aryl methyl sites for hydroxylation is 1. The molecule has 8 nitrogen and oxygen atoms in total. The summed E-state index contributed by atoms with van der Waals surface area (Å²) in [4.78, 5) is 25.7. The first-order chi connectivity index (χ1) is 15.0. The molecule has 1 aromatic heterocycles. The maximum absolute atomic E-state index is 12.9. The second kappa shape index (κ2) is 7.59. The SMILES string of the molecule is COc1ccc2c(c1)O[C@]1(C[C@H]3CC[C@H]1C[C@H]3C(=O)NCCn1nccc1C)NC2=O. The van der Waals surface area contributed by atoms with E-state index in [9.17, 15) is 9.59 Å². The lowest BCUT2D eigenvalue weighted by molar-refractivity contribution is -0.146. The largest absolute Gasteiger partial charge is 0.497 e.